The molecule has 0 amide bonds. The molecule has 1 N–H and O–H groups in total. The summed E-state index contributed by atoms with van der Waals surface area (Å²) in [6, 6.07) is 6.82. The maximum absolute atomic E-state index is 5.48. The minimum Gasteiger partial charge on any atom is -0.380 e. The summed E-state index contributed by atoms with van der Waals surface area (Å²) < 4.78 is 6.59. The summed E-state index contributed by atoms with van der Waals surface area (Å²) in [5, 5.41) is 3.31. The molecule has 0 heterocycles. The van der Waals surface area contributed by atoms with Crippen LogP contribution in [0.4, 0.5) is 5.69 Å². The Morgan fingerprint density at radius 3 is 2.68 bits per heavy atom. The Balaban J connectivity index is 2.96. The molecule has 1 aromatic rings. The lowest BCUT2D eigenvalue weighted by atomic mass is 10.1. The number of nitrogens with one attached hydrogen (secondary N) is 1. The van der Waals surface area contributed by atoms with Crippen LogP contribution in [0.1, 0.15) is 32.4 Å². The molecule has 0 aliphatic rings. The Labute approximate surface area is 125 Å². The fourth-order valence-corrected chi connectivity index (χ4v) is 2.43. The van der Waals surface area contributed by atoms with E-state index in [4.69, 9.17) is 4.74 Å². The summed E-state index contributed by atoms with van der Waals surface area (Å²) in [6.07, 6.45) is 0. The largest absolute Gasteiger partial charge is 0.380 e. The van der Waals surface area contributed by atoms with E-state index < -0.39 is 0 Å². The number of rotatable bonds is 8. The molecule has 0 bridgehead atoms. The third kappa shape index (κ3) is 4.79. The van der Waals surface area contributed by atoms with Crippen LogP contribution in [0.3, 0.4) is 0 Å². The van der Waals surface area contributed by atoms with Crippen LogP contribution >= 0.6 is 15.9 Å². The molecule has 1 atom stereocenters. The van der Waals surface area contributed by atoms with Crippen molar-refractivity contribution in [2.45, 2.75) is 26.8 Å². The zero-order valence-electron chi connectivity index (χ0n) is 12.4. The lowest BCUT2D eigenvalue weighted by Crippen LogP contribution is -2.29. The number of hydrogen-bond acceptors (Lipinski definition) is 3. The molecule has 1 rings (SSSR count). The Hall–Kier alpha value is -0.580. The van der Waals surface area contributed by atoms with Crippen molar-refractivity contribution < 1.29 is 4.74 Å². The number of anilines is 1. The highest BCUT2D eigenvalue weighted by molar-refractivity contribution is 9.10. The molecule has 0 saturated heterocycles. The number of ether oxygens (including phenoxy) is 1. The third-order valence-electron chi connectivity index (χ3n) is 3.32. The zero-order valence-corrected chi connectivity index (χ0v) is 14.0. The predicted molar refractivity (Wildman–Crippen MR) is 86.0 cm³/mol. The monoisotopic (exact) mass is 328 g/mol. The van der Waals surface area contributed by atoms with Crippen LogP contribution in [0, 0.1) is 0 Å². The van der Waals surface area contributed by atoms with Crippen LogP contribution in [-0.4, -0.2) is 33.4 Å². The molecule has 0 aromatic heterocycles. The smallest absolute Gasteiger partial charge is 0.0641 e. The summed E-state index contributed by atoms with van der Waals surface area (Å²) in [5.41, 5.74) is 2.60. The van der Waals surface area contributed by atoms with Crippen molar-refractivity contribution >= 4 is 21.6 Å². The first-order valence-corrected chi connectivity index (χ1v) is 7.72. The molecule has 0 aliphatic carbocycles. The van der Waals surface area contributed by atoms with Gasteiger partial charge in [0.25, 0.3) is 0 Å². The maximum atomic E-state index is 5.48. The van der Waals surface area contributed by atoms with Gasteiger partial charge in [-0.1, -0.05) is 22.0 Å². The van der Waals surface area contributed by atoms with Crippen LogP contribution < -0.4 is 10.2 Å². The van der Waals surface area contributed by atoms with E-state index in [1.54, 1.807) is 0 Å². The van der Waals surface area contributed by atoms with Crippen molar-refractivity contribution in [1.29, 1.82) is 0 Å². The van der Waals surface area contributed by atoms with Gasteiger partial charge in [0.05, 0.1) is 6.61 Å². The van der Waals surface area contributed by atoms with Gasteiger partial charge in [0.2, 0.25) is 0 Å². The van der Waals surface area contributed by atoms with Crippen LogP contribution in [0.15, 0.2) is 22.7 Å². The van der Waals surface area contributed by atoms with E-state index in [0.29, 0.717) is 6.04 Å². The van der Waals surface area contributed by atoms with E-state index in [-0.39, 0.29) is 0 Å². The summed E-state index contributed by atoms with van der Waals surface area (Å²) in [6.45, 7) is 9.84. The van der Waals surface area contributed by atoms with Crippen LogP contribution in [0.2, 0.25) is 0 Å². The van der Waals surface area contributed by atoms with Crippen LogP contribution in [0.5, 0.6) is 0 Å². The molecule has 1 aromatic carbocycles. The van der Waals surface area contributed by atoms with E-state index >= 15 is 0 Å². The van der Waals surface area contributed by atoms with Gasteiger partial charge in [0.1, 0.15) is 0 Å². The predicted octanol–water partition coefficient (Wildman–Crippen LogP) is 3.59. The molecule has 108 valence electrons. The van der Waals surface area contributed by atoms with E-state index in [0.717, 1.165) is 30.8 Å². The number of halogens is 1. The molecule has 0 saturated carbocycles. The fourth-order valence-electron chi connectivity index (χ4n) is 2.08. The Bertz CT molecular complexity index is 384. The second-order valence-corrected chi connectivity index (χ2v) is 5.41. The van der Waals surface area contributed by atoms with Crippen molar-refractivity contribution in [3.63, 3.8) is 0 Å². The molecule has 0 aliphatic heterocycles. The first kappa shape index (κ1) is 16.5. The molecule has 1 unspecified atom stereocenters. The summed E-state index contributed by atoms with van der Waals surface area (Å²) in [7, 11) is 1.99. The molecular weight excluding hydrogens is 304 g/mol. The van der Waals surface area contributed by atoms with Gasteiger partial charge in [-0.15, -0.1) is 0 Å². The Morgan fingerprint density at radius 1 is 1.37 bits per heavy atom. The van der Waals surface area contributed by atoms with Crippen molar-refractivity contribution in [3.05, 3.63) is 28.2 Å². The topological polar surface area (TPSA) is 24.5 Å². The quantitative estimate of drug-likeness (QED) is 0.738. The highest BCUT2D eigenvalue weighted by Gasteiger charge is 2.14. The summed E-state index contributed by atoms with van der Waals surface area (Å²) >= 11 is 3.57. The number of hydrogen-bond donors (Lipinski definition) is 1. The number of nitrogens with zero attached hydrogens (tertiary/aromatic N) is 1. The van der Waals surface area contributed by atoms with E-state index in [2.05, 4.69) is 58.2 Å². The average Bonchev–Trinajstić information content (AvgIpc) is 2.43. The summed E-state index contributed by atoms with van der Waals surface area (Å²) in [4.78, 5) is 2.36. The SMILES string of the molecule is CCOCCN(CC)c1cc(Br)ccc1C(C)NC. The maximum Gasteiger partial charge on any atom is 0.0641 e. The second kappa shape index (κ2) is 8.56. The molecule has 0 spiro atoms. The van der Waals surface area contributed by atoms with Gasteiger partial charge in [-0.2, -0.15) is 0 Å². The highest BCUT2D eigenvalue weighted by atomic mass is 79.9. The first-order valence-electron chi connectivity index (χ1n) is 6.93. The molecule has 0 fully saturated rings. The van der Waals surface area contributed by atoms with Crippen LogP contribution in [-0.2, 0) is 4.74 Å². The third-order valence-corrected chi connectivity index (χ3v) is 3.82. The van der Waals surface area contributed by atoms with E-state index in [1.165, 1.54) is 11.3 Å². The Morgan fingerprint density at radius 2 is 2.11 bits per heavy atom. The zero-order chi connectivity index (χ0) is 14.3. The lowest BCUT2D eigenvalue weighted by molar-refractivity contribution is 0.154. The standard InChI is InChI=1S/C15H25BrN2O/c1-5-18(9-10-19-6-2)15-11-13(16)7-8-14(15)12(3)17-4/h7-8,11-12,17H,5-6,9-10H2,1-4H3. The minimum atomic E-state index is 0.337. The van der Waals surface area contributed by atoms with Crippen molar-refractivity contribution in [2.24, 2.45) is 0 Å². The Kier molecular flexibility index (Phi) is 7.42. The van der Waals surface area contributed by atoms with Crippen molar-refractivity contribution in [1.82, 2.24) is 5.32 Å². The molecule has 19 heavy (non-hydrogen) atoms. The van der Waals surface area contributed by atoms with E-state index in [1.807, 2.05) is 14.0 Å². The normalized spacial score (nSPS) is 12.5. The second-order valence-electron chi connectivity index (χ2n) is 4.49. The fraction of sp³-hybridized carbons (Fsp3) is 0.600. The number of benzene rings is 1. The van der Waals surface area contributed by atoms with Gasteiger partial charge in [-0.3, -0.25) is 0 Å². The van der Waals surface area contributed by atoms with Crippen LogP contribution in [0.25, 0.3) is 0 Å². The lowest BCUT2D eigenvalue weighted by Gasteiger charge is -2.28. The van der Waals surface area contributed by atoms with Gasteiger partial charge < -0.3 is 15.0 Å². The highest BCUT2D eigenvalue weighted by Crippen LogP contribution is 2.29. The molecule has 0 radical (unpaired) electrons. The molecule has 3 nitrogen and oxygen atoms in total. The minimum absolute atomic E-state index is 0.337. The number of likely N-dealkylation sites (N-methyl/N-ethyl adjacent to an activating group) is 1. The van der Waals surface area contributed by atoms with Gasteiger partial charge >= 0.3 is 0 Å². The van der Waals surface area contributed by atoms with Gasteiger partial charge in [0.15, 0.2) is 0 Å². The van der Waals surface area contributed by atoms with E-state index in [9.17, 15) is 0 Å². The van der Waals surface area contributed by atoms with Gasteiger partial charge in [0, 0.05) is 35.9 Å². The first-order chi connectivity index (χ1) is 9.13. The molecular formula is C15H25BrN2O. The molecule has 4 heteroatoms. The summed E-state index contributed by atoms with van der Waals surface area (Å²) in [5.74, 6) is 0. The van der Waals surface area contributed by atoms with Crippen molar-refractivity contribution in [3.8, 4) is 0 Å². The average molecular weight is 329 g/mol. The van der Waals surface area contributed by atoms with Gasteiger partial charge in [-0.25, -0.2) is 0 Å². The van der Waals surface area contributed by atoms with Crippen molar-refractivity contribution in [2.75, 3.05) is 38.3 Å². The van der Waals surface area contributed by atoms with Gasteiger partial charge in [-0.05, 0) is 45.5 Å².